The van der Waals surface area contributed by atoms with Crippen molar-refractivity contribution in [1.29, 1.82) is 0 Å². The normalized spacial score (nSPS) is 27.4. The van der Waals surface area contributed by atoms with E-state index in [0.717, 1.165) is 0 Å². The van der Waals surface area contributed by atoms with E-state index in [0.29, 0.717) is 17.0 Å². The number of thioether (sulfide) groups is 1. The number of esters is 3. The average molecular weight is 686 g/mol. The van der Waals surface area contributed by atoms with Gasteiger partial charge in [-0.25, -0.2) is 19.2 Å². The number of fused-ring (bicyclic) bond motifs is 2. The standard InChI is InChI=1S/C29H44N5O10PS/c1-15(2)24(35)41-22-21(19-10-11-20-23(30)31-14-32-34(19)20)42-28(8)27(29(22,28)43-25(36)16(3)4)44-45(38,39-12-13-46-9)33-18(7)26(37)40-17(5)6/h10-11,14-18,21-22,27H,12-13H2,1-9H3,(H,33,38)(H2,30,31,32)/t18-,21-,22-,27?,28+,29+,45?/m0/s1. The topological polar surface area (TPSA) is 192 Å². The second-order valence-corrected chi connectivity index (χ2v) is 15.1. The number of nitrogens with zero attached hydrogens (tertiary/aromatic N) is 3. The first-order valence-electron chi connectivity index (χ1n) is 15.1. The molecule has 2 aromatic rings. The maximum Gasteiger partial charge on any atom is 0.406 e. The quantitative estimate of drug-likeness (QED) is 0.120. The summed E-state index contributed by atoms with van der Waals surface area (Å²) >= 11 is 1.45. The van der Waals surface area contributed by atoms with Crippen LogP contribution in [0.5, 0.6) is 0 Å². The zero-order valence-electron chi connectivity index (χ0n) is 27.5. The maximum atomic E-state index is 14.3. The molecule has 2 aromatic heterocycles. The van der Waals surface area contributed by atoms with Gasteiger partial charge in [0.05, 0.1) is 30.2 Å². The highest BCUT2D eigenvalue weighted by atomic mass is 32.2. The molecule has 2 fully saturated rings. The Labute approximate surface area is 272 Å². The molecule has 17 heteroatoms. The molecule has 15 nitrogen and oxygen atoms in total. The molecule has 0 bridgehead atoms. The maximum absolute atomic E-state index is 14.3. The molecule has 2 aliphatic rings. The van der Waals surface area contributed by atoms with Gasteiger partial charge in [0.25, 0.3) is 0 Å². The number of nitrogens with one attached hydrogen (secondary N) is 1. The molecule has 1 saturated carbocycles. The van der Waals surface area contributed by atoms with Gasteiger partial charge in [0.1, 0.15) is 35.7 Å². The van der Waals surface area contributed by atoms with Crippen LogP contribution in [0.1, 0.15) is 67.2 Å². The molecule has 3 heterocycles. The Balaban J connectivity index is 1.79. The molecular weight excluding hydrogens is 641 g/mol. The minimum Gasteiger partial charge on any atom is -0.462 e. The first kappa shape index (κ1) is 36.1. The van der Waals surface area contributed by atoms with Crippen LogP contribution in [-0.4, -0.2) is 86.7 Å². The predicted molar refractivity (Wildman–Crippen MR) is 169 cm³/mol. The van der Waals surface area contributed by atoms with Gasteiger partial charge in [-0.2, -0.15) is 16.9 Å². The Kier molecular flexibility index (Phi) is 10.8. The highest BCUT2D eigenvalue weighted by Gasteiger charge is 2.91. The highest BCUT2D eigenvalue weighted by Crippen LogP contribution is 2.71. The van der Waals surface area contributed by atoms with Gasteiger partial charge < -0.3 is 24.7 Å². The molecule has 4 rings (SSSR count). The number of hydrogen-bond acceptors (Lipinski definition) is 14. The third kappa shape index (κ3) is 6.78. The molecular formula is C29H44N5O10PS. The monoisotopic (exact) mass is 685 g/mol. The highest BCUT2D eigenvalue weighted by molar-refractivity contribution is 7.98. The minimum absolute atomic E-state index is 0.00608. The summed E-state index contributed by atoms with van der Waals surface area (Å²) in [6.45, 7) is 13.1. The summed E-state index contributed by atoms with van der Waals surface area (Å²) in [4.78, 5) is 43.1. The summed E-state index contributed by atoms with van der Waals surface area (Å²) in [5.74, 6) is -2.35. The first-order chi connectivity index (χ1) is 21.5. The minimum atomic E-state index is -4.33. The summed E-state index contributed by atoms with van der Waals surface area (Å²) in [6, 6.07) is 2.30. The lowest BCUT2D eigenvalue weighted by molar-refractivity contribution is -0.181. The van der Waals surface area contributed by atoms with Crippen molar-refractivity contribution >= 4 is 48.8 Å². The van der Waals surface area contributed by atoms with E-state index in [1.54, 1.807) is 60.6 Å². The van der Waals surface area contributed by atoms with Crippen molar-refractivity contribution in [2.45, 2.75) is 97.0 Å². The van der Waals surface area contributed by atoms with Gasteiger partial charge in [-0.1, -0.05) is 27.7 Å². The molecule has 7 atom stereocenters. The van der Waals surface area contributed by atoms with Crippen molar-refractivity contribution in [3.05, 3.63) is 24.2 Å². The van der Waals surface area contributed by atoms with Crippen LogP contribution in [0.15, 0.2) is 18.5 Å². The molecule has 1 aliphatic heterocycles. The Hall–Kier alpha value is -2.75. The Morgan fingerprint density at radius 2 is 1.78 bits per heavy atom. The smallest absolute Gasteiger partial charge is 0.406 e. The number of nitrogen functional groups attached to an aromatic ring is 1. The van der Waals surface area contributed by atoms with Crippen molar-refractivity contribution < 1.29 is 46.9 Å². The molecule has 0 amide bonds. The fraction of sp³-hybridized carbons (Fsp3) is 0.690. The van der Waals surface area contributed by atoms with Gasteiger partial charge in [-0.3, -0.25) is 23.4 Å². The van der Waals surface area contributed by atoms with Crippen LogP contribution in [0.2, 0.25) is 0 Å². The van der Waals surface area contributed by atoms with Crippen LogP contribution in [0.25, 0.3) is 5.52 Å². The van der Waals surface area contributed by atoms with Crippen molar-refractivity contribution in [3.63, 3.8) is 0 Å². The first-order valence-corrected chi connectivity index (χ1v) is 18.0. The summed E-state index contributed by atoms with van der Waals surface area (Å²) in [5, 5.41) is 6.97. The van der Waals surface area contributed by atoms with E-state index in [1.807, 2.05) is 6.26 Å². The molecule has 1 saturated heterocycles. The van der Waals surface area contributed by atoms with E-state index < -0.39 is 79.2 Å². The number of carbonyl (C=O) groups is 3. The summed E-state index contributed by atoms with van der Waals surface area (Å²) in [6.07, 6.45) is -0.842. The van der Waals surface area contributed by atoms with Crippen molar-refractivity contribution in [1.82, 2.24) is 19.7 Å². The molecule has 0 aromatic carbocycles. The lowest BCUT2D eigenvalue weighted by atomic mass is 10.0. The lowest BCUT2D eigenvalue weighted by Crippen LogP contribution is -2.44. The van der Waals surface area contributed by atoms with E-state index in [-0.39, 0.29) is 12.4 Å². The van der Waals surface area contributed by atoms with Crippen LogP contribution >= 0.6 is 19.5 Å². The molecule has 2 unspecified atom stereocenters. The van der Waals surface area contributed by atoms with E-state index in [4.69, 9.17) is 33.7 Å². The van der Waals surface area contributed by atoms with Crippen LogP contribution in [0, 0.1) is 11.8 Å². The van der Waals surface area contributed by atoms with Crippen molar-refractivity contribution in [2.24, 2.45) is 11.8 Å². The zero-order valence-corrected chi connectivity index (χ0v) is 29.3. The molecule has 256 valence electrons. The average Bonchev–Trinajstić information content (AvgIpc) is 3.24. The summed E-state index contributed by atoms with van der Waals surface area (Å²) in [5.41, 5.74) is 3.74. The van der Waals surface area contributed by atoms with Crippen LogP contribution < -0.4 is 10.8 Å². The number of anilines is 1. The van der Waals surface area contributed by atoms with Gasteiger partial charge >= 0.3 is 25.7 Å². The van der Waals surface area contributed by atoms with E-state index in [2.05, 4.69) is 15.2 Å². The number of aromatic nitrogens is 3. The van der Waals surface area contributed by atoms with Crippen molar-refractivity contribution in [2.75, 3.05) is 24.3 Å². The molecule has 46 heavy (non-hydrogen) atoms. The van der Waals surface area contributed by atoms with Gasteiger partial charge in [0.15, 0.2) is 11.9 Å². The molecule has 0 radical (unpaired) electrons. The lowest BCUT2D eigenvalue weighted by Gasteiger charge is -2.31. The third-order valence-corrected chi connectivity index (χ3v) is 10.0. The zero-order chi connectivity index (χ0) is 34.2. The van der Waals surface area contributed by atoms with E-state index >= 15 is 0 Å². The molecule has 1 aliphatic carbocycles. The Morgan fingerprint density at radius 1 is 1.11 bits per heavy atom. The fourth-order valence-electron chi connectivity index (χ4n) is 5.28. The third-order valence-electron chi connectivity index (χ3n) is 7.76. The number of rotatable bonds is 15. The SMILES string of the molecule is CSCCOP(=O)(N[C@@H](C)C(=O)OC(C)C)OC1[C@@]2(C)O[C@@H](c3ccc4c(N)ncnn34)[C@H](OC(=O)C(C)C)[C@@]12OC(=O)C(C)C. The van der Waals surface area contributed by atoms with E-state index in [9.17, 15) is 18.9 Å². The number of hydrogen-bond donors (Lipinski definition) is 2. The Bertz CT molecular complexity index is 1500. The van der Waals surface area contributed by atoms with Gasteiger partial charge in [0, 0.05) is 5.75 Å². The largest absolute Gasteiger partial charge is 0.462 e. The number of ether oxygens (including phenoxy) is 4. The van der Waals surface area contributed by atoms with Gasteiger partial charge in [-0.05, 0) is 46.1 Å². The molecule has 0 spiro atoms. The van der Waals surface area contributed by atoms with Crippen LogP contribution in [-0.2, 0) is 46.9 Å². The Morgan fingerprint density at radius 3 is 2.39 bits per heavy atom. The van der Waals surface area contributed by atoms with Crippen molar-refractivity contribution in [3.8, 4) is 0 Å². The van der Waals surface area contributed by atoms with Gasteiger partial charge in [0.2, 0.25) is 5.60 Å². The summed E-state index contributed by atoms with van der Waals surface area (Å²) < 4.78 is 51.8. The fourth-order valence-corrected chi connectivity index (χ4v) is 7.39. The summed E-state index contributed by atoms with van der Waals surface area (Å²) in [7, 11) is -4.33. The second-order valence-electron chi connectivity index (χ2n) is 12.4. The van der Waals surface area contributed by atoms with Crippen LogP contribution in [0.3, 0.4) is 0 Å². The second kappa shape index (κ2) is 13.8. The number of nitrogens with two attached hydrogens (primary N) is 1. The predicted octanol–water partition coefficient (Wildman–Crippen LogP) is 3.46. The van der Waals surface area contributed by atoms with Gasteiger partial charge in [-0.15, -0.1) is 0 Å². The number of carbonyl (C=O) groups excluding carboxylic acids is 3. The molecule has 3 N–H and O–H groups in total. The van der Waals surface area contributed by atoms with Crippen LogP contribution in [0.4, 0.5) is 5.82 Å². The van der Waals surface area contributed by atoms with E-state index in [1.165, 1.54) is 29.5 Å².